The summed E-state index contributed by atoms with van der Waals surface area (Å²) in [6.45, 7) is 39.6. The summed E-state index contributed by atoms with van der Waals surface area (Å²) in [5, 5.41) is 30.9. The molecule has 32 heteroatoms. The molecule has 6 aromatic heterocycles. The number of alkyl halides is 6. The highest BCUT2D eigenvalue weighted by atomic mass is 19.4. The fraction of sp³-hybridized carbons (Fsp3) is 0.448. The number of hydrogen-bond acceptors (Lipinski definition) is 16. The average Bonchev–Trinajstić information content (AvgIpc) is 0.807. The molecule has 6 N–H and O–H groups in total. The number of rotatable bonds is 38. The van der Waals surface area contributed by atoms with E-state index in [0.717, 1.165) is 148 Å². The van der Waals surface area contributed by atoms with Gasteiger partial charge in [-0.1, -0.05) is 155 Å². The van der Waals surface area contributed by atoms with Gasteiger partial charge in [-0.2, -0.15) is 26.3 Å². The van der Waals surface area contributed by atoms with Crippen LogP contribution in [0.2, 0.25) is 0 Å². The van der Waals surface area contributed by atoms with Crippen molar-refractivity contribution < 1.29 is 84.5 Å². The van der Waals surface area contributed by atoms with Crippen molar-refractivity contribution in [1.29, 1.82) is 0 Å². The van der Waals surface area contributed by atoms with Gasteiger partial charge in [0, 0.05) is 135 Å². The third kappa shape index (κ3) is 33.3. The number of carboxylic acid groups (broad SMARTS) is 2. The van der Waals surface area contributed by atoms with Crippen molar-refractivity contribution in [3.05, 3.63) is 282 Å². The van der Waals surface area contributed by atoms with Crippen molar-refractivity contribution in [3.8, 4) is 44.5 Å². The highest BCUT2D eigenvalue weighted by Crippen LogP contribution is 2.39. The molecule has 26 nitrogen and oxygen atoms in total. The summed E-state index contributed by atoms with van der Waals surface area (Å²) < 4.78 is 80.6. The number of Topliss-reactive ketones (excluding diaryl/α,β-unsaturated/α-hetero) is 2. The van der Waals surface area contributed by atoms with Gasteiger partial charge in [-0.15, -0.1) is 0 Å². The maximum absolute atomic E-state index is 13.7. The number of carbonyl (C=O) groups is 10. The normalized spacial score (nSPS) is 15.4. The Morgan fingerprint density at radius 3 is 1.09 bits per heavy atom. The lowest BCUT2D eigenvalue weighted by Crippen LogP contribution is -2.54. The number of amides is 6. The first-order valence-electron chi connectivity index (χ1n) is 50.6. The first kappa shape index (κ1) is 118. The lowest BCUT2D eigenvalue weighted by Gasteiger charge is -2.38. The number of piperidine rings is 2. The molecular weight excluding hydrogens is 1900 g/mol. The molecule has 0 bridgehead atoms. The molecule has 0 aliphatic carbocycles. The molecule has 10 atom stereocenters. The molecule has 10 aromatic rings. The highest BCUT2D eigenvalue weighted by Gasteiger charge is 2.41. The van der Waals surface area contributed by atoms with Crippen LogP contribution in [0.25, 0.3) is 44.5 Å². The molecule has 792 valence electrons. The average molecular weight is 2040 g/mol. The topological polar surface area (TPSA) is 361 Å². The molecule has 2 aliphatic rings. The summed E-state index contributed by atoms with van der Waals surface area (Å²) in [4.78, 5) is 174. The Morgan fingerprint density at radius 1 is 0.412 bits per heavy atom. The first-order chi connectivity index (χ1) is 69.7. The number of nitrogens with one attached hydrogen (secondary N) is 4. The Bertz CT molecular complexity index is 6430. The van der Waals surface area contributed by atoms with Crippen LogP contribution in [0.3, 0.4) is 0 Å². The Kier molecular flexibility index (Phi) is 42.6. The number of hydrogen-bond donors (Lipinski definition) is 6. The summed E-state index contributed by atoms with van der Waals surface area (Å²) in [6.07, 6.45) is 9.86. The van der Waals surface area contributed by atoms with E-state index in [1.54, 1.807) is 53.2 Å². The molecule has 0 spiro atoms. The number of aryl methyl sites for hydroxylation is 8. The summed E-state index contributed by atoms with van der Waals surface area (Å²) in [5.41, 5.74) is 14.3. The van der Waals surface area contributed by atoms with Gasteiger partial charge in [-0.25, -0.2) is 0 Å². The van der Waals surface area contributed by atoms with Gasteiger partial charge in [0.2, 0.25) is 35.4 Å². The van der Waals surface area contributed by atoms with E-state index in [1.807, 2.05) is 221 Å². The minimum atomic E-state index is -4.67. The lowest BCUT2D eigenvalue weighted by atomic mass is 9.90. The van der Waals surface area contributed by atoms with E-state index in [-0.39, 0.29) is 97.4 Å². The number of likely N-dealkylation sites (tertiary alicyclic amines) is 2. The van der Waals surface area contributed by atoms with Gasteiger partial charge in [0.15, 0.2) is 0 Å². The quantitative estimate of drug-likeness (QED) is 0.0196. The molecule has 2 unspecified atom stereocenters. The van der Waals surface area contributed by atoms with Crippen LogP contribution < -0.4 is 32.4 Å². The van der Waals surface area contributed by atoms with E-state index in [0.29, 0.717) is 85.0 Å². The van der Waals surface area contributed by atoms with E-state index in [1.165, 1.54) is 13.8 Å². The van der Waals surface area contributed by atoms with Crippen molar-refractivity contribution in [2.24, 2.45) is 35.5 Å². The predicted octanol–water partition coefficient (Wildman–Crippen LogP) is 22.1. The van der Waals surface area contributed by atoms with Gasteiger partial charge < -0.3 is 50.4 Å². The summed E-state index contributed by atoms with van der Waals surface area (Å²) >= 11 is 0. The number of benzene rings is 4. The van der Waals surface area contributed by atoms with Crippen LogP contribution in [0.15, 0.2) is 193 Å². The van der Waals surface area contributed by atoms with Crippen LogP contribution in [-0.2, 0) is 60.3 Å². The van der Waals surface area contributed by atoms with Gasteiger partial charge in [-0.05, 0) is 270 Å². The molecule has 6 amide bonds. The second-order valence-electron chi connectivity index (χ2n) is 41.1. The van der Waals surface area contributed by atoms with Crippen LogP contribution in [0.4, 0.5) is 26.3 Å². The lowest BCUT2D eigenvalue weighted by molar-refractivity contribution is -0.145. The Labute approximate surface area is 863 Å². The fourth-order valence-corrected chi connectivity index (χ4v) is 19.4. The zero-order chi connectivity index (χ0) is 109. The molecule has 148 heavy (non-hydrogen) atoms. The monoisotopic (exact) mass is 2040 g/mol. The zero-order valence-corrected chi connectivity index (χ0v) is 88.4. The molecule has 2 saturated heterocycles. The molecule has 0 saturated carbocycles. The van der Waals surface area contributed by atoms with Gasteiger partial charge in [0.1, 0.15) is 35.7 Å². The summed E-state index contributed by atoms with van der Waals surface area (Å²) in [5.74, 6) is -3.12. The number of nitrogens with zero attached hydrogens (tertiary/aromatic N) is 8. The molecular formula is C116H142F6N12O14. The molecule has 2 fully saturated rings. The molecule has 2 aliphatic heterocycles. The molecule has 0 radical (unpaired) electrons. The van der Waals surface area contributed by atoms with Crippen LogP contribution >= 0.6 is 0 Å². The van der Waals surface area contributed by atoms with Gasteiger partial charge in [0.25, 0.3) is 11.1 Å². The standard InChI is InChI=1S/C30H41N3O4.2C29H32F3N3O3.C28H37N3O4/c1-6-8-22-11-12-27(34)33(18-22)26(13-19(2)3)30(37)32-25(15-28(35)36)23-14-24(17-31-16-23)29-20(4)9-7-10-21(29)5;1-17(2)11-25(35-10-9-23(14-26(35)37)29(30,31)32)28(38)34-24(12-20(5)36)21-13-22(16-33-15-21)27-18(3)7-6-8-19(27)4;1-17(2)12-26(35-11-10-22(15-27(35)37)29(30,31)32)28(38)34-25(13-19(4)36)21-14-24(20(5)33-16-21)23-9-7-6-8-18(23)3;1-17(2)11-24(31-10-9-18(3)12-25(31)32)28(35)30-23(14-26(33)34)21-13-22(16-29-15-21)27-19(4)7-6-8-20(27)5/h7,9-10,14,16-17,19,22,25-26H,6,8,11-13,15,18H2,1-5H3,(H,32,37)(H,35,36);6-10,13-17,24-25H,11-12H2,1-5H3,(H,34,38);6-11,14-17,25-26H,12-13H2,1-5H3,(H,34,38);6-8,13,15-18,23-24H,9-12,14H2,1-5H3,(H,30,35)(H,33,34)/t22?,25-,26-;24-,25-;25-,26-;18?,23-,24-/m0000/s1. The van der Waals surface area contributed by atoms with Crippen LogP contribution in [0, 0.1) is 90.9 Å². The SMILES string of the molecule is CC(=O)C[C@H](NC(=O)[C@H](CC(C)C)n1ccc(C(F)(F)F)cc1=O)c1cnc(C)c(-c2ccccc2C)c1.CC(=O)C[C@H](NC(=O)[C@H](CC(C)C)n1ccc(C(F)(F)F)cc1=O)c1cncc(-c2c(C)cccc2C)c1.CCCC1CCC(=O)N([C@@H](CC(C)C)C(=O)N[C@@H](CC(=O)O)c2cncc(-c3c(C)cccc3C)c2)C1.Cc1cccc(C)c1-c1cncc([C@H](CC(=O)O)NC(=O)[C@H](CC(C)C)N2CCC(C)CC2=O)c1. The Hall–Kier alpha value is -13.9. The largest absolute Gasteiger partial charge is 0.481 e. The smallest absolute Gasteiger partial charge is 0.416 e. The number of pyridine rings is 6. The van der Waals surface area contributed by atoms with Crippen LogP contribution in [0.5, 0.6) is 0 Å². The number of aromatic nitrogens is 6. The number of ketones is 2. The van der Waals surface area contributed by atoms with Gasteiger partial charge in [-0.3, -0.25) is 77.5 Å². The van der Waals surface area contributed by atoms with Gasteiger partial charge in [0.05, 0.1) is 48.1 Å². The second-order valence-corrected chi connectivity index (χ2v) is 41.1. The summed E-state index contributed by atoms with van der Waals surface area (Å²) in [6, 6.07) is 29.6. The highest BCUT2D eigenvalue weighted by molar-refractivity contribution is 5.91. The first-order valence-corrected chi connectivity index (χ1v) is 50.6. The maximum Gasteiger partial charge on any atom is 0.416 e. The van der Waals surface area contributed by atoms with E-state index >= 15 is 0 Å². The van der Waals surface area contributed by atoms with E-state index in [4.69, 9.17) is 0 Å². The molecule has 4 aromatic carbocycles. The second kappa shape index (κ2) is 53.6. The number of halogens is 6. The van der Waals surface area contributed by atoms with Crippen LogP contribution in [-0.4, -0.2) is 133 Å². The summed E-state index contributed by atoms with van der Waals surface area (Å²) in [7, 11) is 0. The maximum atomic E-state index is 13.7. The van der Waals surface area contributed by atoms with Gasteiger partial charge >= 0.3 is 24.3 Å². The molecule has 8 heterocycles. The minimum Gasteiger partial charge on any atom is -0.481 e. The van der Waals surface area contributed by atoms with Crippen molar-refractivity contribution in [3.63, 3.8) is 0 Å². The van der Waals surface area contributed by atoms with Crippen LogP contribution in [0.1, 0.15) is 287 Å². The third-order valence-electron chi connectivity index (χ3n) is 26.7. The number of aliphatic carboxylic acids is 2. The van der Waals surface area contributed by atoms with E-state index in [9.17, 15) is 94.1 Å². The number of carboxylic acids is 2. The zero-order valence-electron chi connectivity index (χ0n) is 88.4. The fourth-order valence-electron chi connectivity index (χ4n) is 19.4. The minimum absolute atomic E-state index is 0.00151. The van der Waals surface area contributed by atoms with Crippen molar-refractivity contribution in [2.75, 3.05) is 13.1 Å². The van der Waals surface area contributed by atoms with E-state index in [2.05, 4.69) is 48.1 Å². The predicted molar refractivity (Wildman–Crippen MR) is 560 cm³/mol. The molecule has 12 rings (SSSR count). The van der Waals surface area contributed by atoms with Crippen molar-refractivity contribution in [2.45, 2.75) is 289 Å². The van der Waals surface area contributed by atoms with Crippen molar-refractivity contribution in [1.82, 2.24) is 60.1 Å². The third-order valence-corrected chi connectivity index (χ3v) is 26.7. The van der Waals surface area contributed by atoms with E-state index < -0.39 is 107 Å². The Morgan fingerprint density at radius 2 is 0.757 bits per heavy atom. The Balaban J connectivity index is 0.000000219. The number of carbonyl (C=O) groups excluding carboxylic acids is 8. The van der Waals surface area contributed by atoms with Crippen molar-refractivity contribution >= 4 is 58.9 Å².